The molecule has 25 amide bonds. The average Bonchev–Trinajstić information content (AvgIpc) is 1.70. The summed E-state index contributed by atoms with van der Waals surface area (Å²) in [4.78, 5) is 327. The molecule has 0 unspecified atom stereocenters. The molecule has 53 nitrogen and oxygen atoms in total. The minimum absolute atomic E-state index is 0.0128. The summed E-state index contributed by atoms with van der Waals surface area (Å²) in [7, 11) is 0. The lowest BCUT2D eigenvalue weighted by Gasteiger charge is -2.28. The molecule has 0 bridgehead atoms. The zero-order valence-corrected chi connectivity index (χ0v) is 81.7. The minimum atomic E-state index is -1.33. The number of unbranched alkanes of at least 4 members (excludes halogenated alkanes) is 2. The van der Waals surface area contributed by atoms with E-state index >= 15 is 0 Å². The Balaban J connectivity index is 1.80. The van der Waals surface area contributed by atoms with Gasteiger partial charge in [0.15, 0.2) is 0 Å². The lowest BCUT2D eigenvalue weighted by molar-refractivity contribution is -0.141. The third-order valence-electron chi connectivity index (χ3n) is 21.5. The normalized spacial score (nSPS) is 16.6. The first-order valence-electron chi connectivity index (χ1n) is 45.5. The van der Waals surface area contributed by atoms with E-state index in [2.05, 4.69) is 122 Å². The van der Waals surface area contributed by atoms with Crippen molar-refractivity contribution in [3.05, 3.63) is 29.8 Å². The number of phenolic OH excluding ortho intramolecular Hbond substituents is 1. The van der Waals surface area contributed by atoms with E-state index in [0.29, 0.717) is 44.2 Å². The molecule has 53 heteroatoms. The summed E-state index contributed by atoms with van der Waals surface area (Å²) in [5, 5.41) is 65.1. The molecule has 776 valence electrons. The van der Waals surface area contributed by atoms with E-state index < -0.39 is 294 Å². The summed E-state index contributed by atoms with van der Waals surface area (Å²) in [6.07, 6.45) is 2.76. The topological polar surface area (TPSA) is 805 Å². The lowest BCUT2D eigenvalue weighted by Crippen LogP contribution is -2.59. The second-order valence-corrected chi connectivity index (χ2v) is 34.1. The van der Waals surface area contributed by atoms with E-state index in [1.54, 1.807) is 12.1 Å². The fraction of sp³-hybridized carbons (Fsp3) is 0.640. The average molecular weight is 1970 g/mol. The number of carbonyl (C=O) groups excluding carboxylic acids is 25. The van der Waals surface area contributed by atoms with Crippen LogP contribution in [0.3, 0.4) is 0 Å². The molecule has 1 aliphatic rings. The number of benzene rings is 1. The summed E-state index contributed by atoms with van der Waals surface area (Å²) in [5.74, 6) is -20.4. The summed E-state index contributed by atoms with van der Waals surface area (Å²) >= 11 is 0. The predicted molar refractivity (Wildman–Crippen MR) is 496 cm³/mol. The lowest BCUT2D eigenvalue weighted by atomic mass is 10.0. The van der Waals surface area contributed by atoms with Gasteiger partial charge in [-0.05, 0) is 207 Å². The Morgan fingerprint density at radius 3 is 0.835 bits per heavy atom. The van der Waals surface area contributed by atoms with Crippen LogP contribution in [0, 0.1) is 0 Å². The molecule has 1 aliphatic heterocycles. The first-order chi connectivity index (χ1) is 64.8. The van der Waals surface area contributed by atoms with Gasteiger partial charge in [-0.3, -0.25) is 120 Å². The first-order valence-corrected chi connectivity index (χ1v) is 45.5. The van der Waals surface area contributed by atoms with Crippen LogP contribution < -0.4 is 139 Å². The Labute approximate surface area is 804 Å². The second-order valence-electron chi connectivity index (χ2n) is 34.1. The van der Waals surface area contributed by atoms with Gasteiger partial charge in [-0.15, -0.1) is 0 Å². The van der Waals surface area contributed by atoms with E-state index in [9.17, 15) is 125 Å². The largest absolute Gasteiger partial charge is 0.508 e. The number of primary amides is 1. The van der Waals surface area contributed by atoms with E-state index in [-0.39, 0.29) is 44.5 Å². The number of hydrogen-bond donors (Lipinski definition) is 27. The zero-order valence-electron chi connectivity index (χ0n) is 81.7. The van der Waals surface area contributed by atoms with Crippen LogP contribution in [-0.4, -0.2) is 323 Å². The van der Waals surface area contributed by atoms with Crippen molar-refractivity contribution in [2.24, 2.45) is 17.2 Å². The van der Waals surface area contributed by atoms with Gasteiger partial charge in [0.05, 0.1) is 13.1 Å². The third-order valence-corrected chi connectivity index (χ3v) is 21.5. The quantitative estimate of drug-likeness (QED) is 0.0269. The van der Waals surface area contributed by atoms with E-state index in [1.165, 1.54) is 149 Å². The van der Waals surface area contributed by atoms with Gasteiger partial charge < -0.3 is 149 Å². The third kappa shape index (κ3) is 43.3. The van der Waals surface area contributed by atoms with Crippen LogP contribution in [-0.2, 0) is 126 Å². The number of hydrogen-bond acceptors (Lipinski definition) is 28. The second kappa shape index (κ2) is 59.6. The molecule has 0 aliphatic carbocycles. The van der Waals surface area contributed by atoms with Crippen molar-refractivity contribution < 1.29 is 125 Å². The number of aromatic hydroxyl groups is 1. The van der Waals surface area contributed by atoms with Crippen LogP contribution in [0.25, 0.3) is 0 Å². The Morgan fingerprint density at radius 1 is 0.302 bits per heavy atom. The van der Waals surface area contributed by atoms with Gasteiger partial charge in [0.2, 0.25) is 148 Å². The van der Waals surface area contributed by atoms with Crippen molar-refractivity contribution in [3.63, 3.8) is 0 Å². The highest BCUT2D eigenvalue weighted by molar-refractivity contribution is 6.03. The molecule has 0 radical (unpaired) electrons. The number of nitrogens with one attached hydrogen (secondary N) is 23. The van der Waals surface area contributed by atoms with Gasteiger partial charge in [-0.1, -0.05) is 12.1 Å². The first kappa shape index (κ1) is 121. The number of amides is 25. The molecule has 1 fully saturated rings. The number of rotatable bonds is 57. The molecule has 1 saturated heterocycles. The Hall–Kier alpha value is -14.3. The Kier molecular flexibility index (Phi) is 51.8. The predicted octanol–water partition coefficient (Wildman–Crippen LogP) is -11.5. The minimum Gasteiger partial charge on any atom is -0.508 e. The van der Waals surface area contributed by atoms with E-state index in [4.69, 9.17) is 17.2 Å². The van der Waals surface area contributed by atoms with Crippen LogP contribution >= 0.6 is 0 Å². The summed E-state index contributed by atoms with van der Waals surface area (Å²) < 4.78 is 0. The molecule has 1 heterocycles. The van der Waals surface area contributed by atoms with Crippen LogP contribution in [0.4, 0.5) is 0 Å². The standard InChI is InChI=1S/C86H141N27O26/c1-38(66(119)93-39(2)67(120)94-40(3)68(121)95-41(4)69(122)96-42(5)70(123)98-45(8)73(126)101-48(11)76(129)104-51(14)79(132)107-54(17)82(135)112-59(65(89)118)25-20-22-32-87)92-63(116)36-91-85(138)62-27-24-34-113(62)86(139)55(18)109-81(134)52(15)106-78(131)49(12)103-75(128)46(9)100-72(125)43(6)97-71(124)44(7)99-74(127)47(10)102-77(130)50(13)105-80(133)53(16)108-84(137)60(26-21-23-33-88)111-64(117)37-90-83(136)61(110-56(19)114)35-57-28-30-58(115)31-29-57/h28-31,38-55,59-62,115H,20-27,32-37,87-88H2,1-19H3,(H2,89,118)(H,90,136)(H,91,138)(H,92,116)(H,93,119)(H,94,120)(H,95,121)(H,96,122)(H,97,124)(H,98,123)(H,99,127)(H,100,125)(H,101,126)(H,102,130)(H,103,128)(H,104,129)(H,105,133)(H,106,131)(H,107,132)(H,108,137)(H,109,134)(H,110,114)(H,111,117)(H,112,135)/t38-,39-,40-,41-,42-,43-,44-,45-,46-,47-,48-,49-,50-,51-,52-,53-,54-,55-,59-,60-,61-,62-/m0/s1. The van der Waals surface area contributed by atoms with Gasteiger partial charge in [-0.2, -0.15) is 0 Å². The van der Waals surface area contributed by atoms with Gasteiger partial charge in [-0.25, -0.2) is 0 Å². The fourth-order valence-corrected chi connectivity index (χ4v) is 12.7. The number of nitrogens with zero attached hydrogens (tertiary/aromatic N) is 1. The summed E-state index contributed by atoms with van der Waals surface area (Å²) in [6, 6.07) is -21.8. The van der Waals surface area contributed by atoms with Crippen molar-refractivity contribution in [2.75, 3.05) is 32.7 Å². The molecule has 1 aromatic rings. The molecule has 139 heavy (non-hydrogen) atoms. The van der Waals surface area contributed by atoms with Crippen LogP contribution in [0.15, 0.2) is 24.3 Å². The van der Waals surface area contributed by atoms with Gasteiger partial charge >= 0.3 is 0 Å². The molecule has 0 spiro atoms. The number of likely N-dealkylation sites (tertiary alicyclic amines) is 1. The highest BCUT2D eigenvalue weighted by atomic mass is 16.3. The fourth-order valence-electron chi connectivity index (χ4n) is 12.7. The molecule has 0 saturated carbocycles. The van der Waals surface area contributed by atoms with Crippen LogP contribution in [0.2, 0.25) is 0 Å². The molecule has 30 N–H and O–H groups in total. The van der Waals surface area contributed by atoms with Crippen LogP contribution in [0.5, 0.6) is 5.75 Å². The van der Waals surface area contributed by atoms with Crippen molar-refractivity contribution in [1.29, 1.82) is 0 Å². The summed E-state index contributed by atoms with van der Waals surface area (Å²) in [6.45, 7) is 23.7. The van der Waals surface area contributed by atoms with Gasteiger partial charge in [0, 0.05) is 19.9 Å². The van der Waals surface area contributed by atoms with Crippen molar-refractivity contribution in [3.8, 4) is 5.75 Å². The monoisotopic (exact) mass is 1970 g/mol. The highest BCUT2D eigenvalue weighted by Gasteiger charge is 2.40. The molecule has 22 atom stereocenters. The zero-order chi connectivity index (χ0) is 106. The number of phenols is 1. The van der Waals surface area contributed by atoms with E-state index in [0.717, 1.165) is 0 Å². The van der Waals surface area contributed by atoms with Crippen molar-refractivity contribution in [2.45, 2.75) is 322 Å². The maximum absolute atomic E-state index is 13.7. The molecule has 1 aromatic carbocycles. The van der Waals surface area contributed by atoms with Gasteiger partial charge in [0.1, 0.15) is 139 Å². The Morgan fingerprint density at radius 2 is 0.554 bits per heavy atom. The highest BCUT2D eigenvalue weighted by Crippen LogP contribution is 2.19. The smallest absolute Gasteiger partial charge is 0.245 e. The van der Waals surface area contributed by atoms with Crippen LogP contribution in [0.1, 0.15) is 188 Å². The molecule has 2 rings (SSSR count). The van der Waals surface area contributed by atoms with Crippen molar-refractivity contribution in [1.82, 2.24) is 127 Å². The molecular formula is C86H141N27O26. The SMILES string of the molecule is CC(=O)N[C@@H](Cc1ccc(O)cc1)C(=O)NCC(=O)N[C@@H](CCCCN)C(=O)N[C@@H](C)C(=O)N[C@@H](C)C(=O)N[C@@H](C)C(=O)N[C@@H](C)C(=O)N[C@@H](C)C(=O)N[C@@H](C)C(=O)N[C@@H](C)C(=O)N[C@@H](C)C(=O)N[C@@H](C)C(=O)N1CCC[C@H]1C(=O)NCC(=O)N[C@@H](C)C(=O)N[C@@H](C)C(=O)N[C@@H](C)C(=O)N[C@@H](C)C(=O)N[C@@H](C)C(=O)N[C@@H](C)C(=O)N[C@@H](C)C(=O)N[C@@H](C)C(=O)N[C@@H](C)C(=O)N[C@@H](CCCCN)C(N)=O. The van der Waals surface area contributed by atoms with Gasteiger partial charge in [0.25, 0.3) is 0 Å². The maximum atomic E-state index is 13.7. The number of nitrogens with two attached hydrogens (primary N) is 3. The maximum Gasteiger partial charge on any atom is 0.245 e. The van der Waals surface area contributed by atoms with Crippen molar-refractivity contribution >= 4 is 148 Å². The molecule has 0 aromatic heterocycles. The number of carbonyl (C=O) groups is 25. The summed E-state index contributed by atoms with van der Waals surface area (Å²) in [5.41, 5.74) is 17.1. The van der Waals surface area contributed by atoms with E-state index in [1.807, 2.05) is 0 Å². The Bertz CT molecular complexity index is 4560. The molecular weight excluding hydrogens is 1830 g/mol.